The highest BCUT2D eigenvalue weighted by Gasteiger charge is 2.36. The number of carboxylic acid groups (broad SMARTS) is 1. The lowest BCUT2D eigenvalue weighted by Gasteiger charge is -2.19. The second kappa shape index (κ2) is 7.61. The van der Waals surface area contributed by atoms with Crippen molar-refractivity contribution in [3.05, 3.63) is 40.3 Å². The highest BCUT2D eigenvalue weighted by atomic mass is 32.1. The molecule has 9 heteroatoms. The number of aromatic nitrogens is 2. The van der Waals surface area contributed by atoms with Gasteiger partial charge in [0.1, 0.15) is 15.7 Å². The predicted molar refractivity (Wildman–Crippen MR) is 98.2 cm³/mol. The van der Waals surface area contributed by atoms with Crippen LogP contribution in [0.15, 0.2) is 35.4 Å². The van der Waals surface area contributed by atoms with Gasteiger partial charge < -0.3 is 10.4 Å². The monoisotopic (exact) mass is 373 g/mol. The quantitative estimate of drug-likeness (QED) is 0.802. The van der Waals surface area contributed by atoms with E-state index < -0.39 is 17.9 Å². The summed E-state index contributed by atoms with van der Waals surface area (Å²) in [6.07, 6.45) is 0.0451. The number of aliphatic carboxylic acids is 1. The van der Waals surface area contributed by atoms with Gasteiger partial charge in [-0.3, -0.25) is 9.80 Å². The Balaban J connectivity index is 1.69. The molecule has 0 saturated heterocycles. The van der Waals surface area contributed by atoms with Crippen LogP contribution in [0.25, 0.3) is 0 Å². The second-order valence-corrected chi connectivity index (χ2v) is 7.25. The summed E-state index contributed by atoms with van der Waals surface area (Å²) >= 11 is 1.45. The maximum atomic E-state index is 12.4. The van der Waals surface area contributed by atoms with Crippen LogP contribution in [-0.4, -0.2) is 38.9 Å². The van der Waals surface area contributed by atoms with E-state index in [0.717, 1.165) is 5.01 Å². The molecule has 3 rings (SSSR count). The van der Waals surface area contributed by atoms with E-state index in [1.807, 2.05) is 19.9 Å². The summed E-state index contributed by atoms with van der Waals surface area (Å²) in [4.78, 5) is 23.9. The van der Waals surface area contributed by atoms with Gasteiger partial charge in [0.05, 0.1) is 12.2 Å². The van der Waals surface area contributed by atoms with E-state index in [1.165, 1.54) is 16.3 Å². The lowest BCUT2D eigenvalue weighted by Crippen LogP contribution is -2.35. The summed E-state index contributed by atoms with van der Waals surface area (Å²) in [6, 6.07) is 8.05. The Bertz CT molecular complexity index is 834. The summed E-state index contributed by atoms with van der Waals surface area (Å²) in [7, 11) is 0. The molecule has 0 saturated carbocycles. The first-order valence-electron chi connectivity index (χ1n) is 8.20. The zero-order chi connectivity index (χ0) is 18.7. The van der Waals surface area contributed by atoms with Gasteiger partial charge in [0, 0.05) is 12.3 Å². The minimum absolute atomic E-state index is 0.0451. The fourth-order valence-corrected chi connectivity index (χ4v) is 3.27. The number of benzene rings is 1. The minimum atomic E-state index is -1.02. The first kappa shape index (κ1) is 18.0. The van der Waals surface area contributed by atoms with Gasteiger partial charge in [-0.1, -0.05) is 43.4 Å². The summed E-state index contributed by atoms with van der Waals surface area (Å²) in [5.41, 5.74) is 0.822. The smallest absolute Gasteiger partial charge is 0.328 e. The third-order valence-electron chi connectivity index (χ3n) is 3.85. The molecule has 1 aliphatic rings. The molecule has 2 heterocycles. The molecule has 1 aromatic heterocycles. The number of hydrogen-bond donors (Lipinski definition) is 2. The molecule has 8 nitrogen and oxygen atoms in total. The molecule has 0 aliphatic carbocycles. The molecular weight excluding hydrogens is 354 g/mol. The number of amides is 1. The Morgan fingerprint density at radius 2 is 2.04 bits per heavy atom. The van der Waals surface area contributed by atoms with Crippen molar-refractivity contribution in [1.29, 1.82) is 0 Å². The van der Waals surface area contributed by atoms with E-state index in [9.17, 15) is 14.7 Å². The number of carbonyl (C=O) groups excluding carboxylic acids is 1. The molecule has 2 N–H and O–H groups in total. The zero-order valence-corrected chi connectivity index (χ0v) is 15.2. The normalized spacial score (nSPS) is 16.7. The van der Waals surface area contributed by atoms with Crippen molar-refractivity contribution in [2.24, 2.45) is 5.10 Å². The van der Waals surface area contributed by atoms with Crippen molar-refractivity contribution in [2.75, 3.05) is 5.01 Å². The molecule has 1 unspecified atom stereocenters. The lowest BCUT2D eigenvalue weighted by molar-refractivity contribution is -0.138. The van der Waals surface area contributed by atoms with Crippen molar-refractivity contribution in [1.82, 2.24) is 15.5 Å². The average molecular weight is 373 g/mol. The SMILES string of the molecule is CC(C)c1nnc(CNC(=O)C2=NN(c3ccccc3)C(C(=O)O)C2)s1. The topological polar surface area (TPSA) is 108 Å². The maximum Gasteiger partial charge on any atom is 0.328 e. The van der Waals surface area contributed by atoms with Crippen molar-refractivity contribution >= 4 is 34.6 Å². The molecule has 0 bridgehead atoms. The van der Waals surface area contributed by atoms with Gasteiger partial charge in [-0.25, -0.2) is 4.79 Å². The number of hydrogen-bond acceptors (Lipinski definition) is 7. The number of para-hydroxylation sites is 1. The molecule has 0 radical (unpaired) electrons. The number of nitrogens with one attached hydrogen (secondary N) is 1. The molecule has 0 spiro atoms. The maximum absolute atomic E-state index is 12.4. The number of hydrazone groups is 1. The first-order valence-corrected chi connectivity index (χ1v) is 9.02. The summed E-state index contributed by atoms with van der Waals surface area (Å²) in [5.74, 6) is -1.13. The van der Waals surface area contributed by atoms with Crippen LogP contribution in [0.5, 0.6) is 0 Å². The van der Waals surface area contributed by atoms with Gasteiger partial charge >= 0.3 is 5.97 Å². The summed E-state index contributed by atoms with van der Waals surface area (Å²) in [6.45, 7) is 4.30. The van der Waals surface area contributed by atoms with E-state index in [1.54, 1.807) is 24.3 Å². The van der Waals surface area contributed by atoms with Crippen molar-refractivity contribution in [3.63, 3.8) is 0 Å². The van der Waals surface area contributed by atoms with Gasteiger partial charge in [-0.05, 0) is 12.1 Å². The van der Waals surface area contributed by atoms with E-state index >= 15 is 0 Å². The van der Waals surface area contributed by atoms with Crippen molar-refractivity contribution < 1.29 is 14.7 Å². The molecule has 2 aromatic rings. The number of anilines is 1. The van der Waals surface area contributed by atoms with Crippen LogP contribution >= 0.6 is 11.3 Å². The van der Waals surface area contributed by atoms with Gasteiger partial charge in [-0.2, -0.15) is 5.10 Å². The Morgan fingerprint density at radius 1 is 1.31 bits per heavy atom. The number of carboxylic acids is 1. The van der Waals surface area contributed by atoms with E-state index in [-0.39, 0.29) is 24.6 Å². The average Bonchev–Trinajstić information content (AvgIpc) is 3.28. The van der Waals surface area contributed by atoms with E-state index in [0.29, 0.717) is 10.7 Å². The Kier molecular flexibility index (Phi) is 5.27. The minimum Gasteiger partial charge on any atom is -0.480 e. The predicted octanol–water partition coefficient (Wildman–Crippen LogP) is 2.00. The van der Waals surface area contributed by atoms with Crippen molar-refractivity contribution in [3.8, 4) is 0 Å². The van der Waals surface area contributed by atoms with E-state index in [2.05, 4.69) is 20.6 Å². The van der Waals surface area contributed by atoms with Gasteiger partial charge in [0.25, 0.3) is 5.91 Å². The van der Waals surface area contributed by atoms with E-state index in [4.69, 9.17) is 0 Å². The van der Waals surface area contributed by atoms with Crippen molar-refractivity contribution in [2.45, 2.75) is 38.8 Å². The molecule has 1 atom stereocenters. The fourth-order valence-electron chi connectivity index (χ4n) is 2.49. The molecular formula is C17H19N5O3S. The van der Waals surface area contributed by atoms with Crippen LogP contribution in [-0.2, 0) is 16.1 Å². The second-order valence-electron chi connectivity index (χ2n) is 6.16. The van der Waals surface area contributed by atoms with Gasteiger partial charge in [0.2, 0.25) is 0 Å². The Labute approximate surface area is 154 Å². The van der Waals surface area contributed by atoms with Crippen LogP contribution in [0.3, 0.4) is 0 Å². The Hall–Kier alpha value is -2.81. The number of nitrogens with zero attached hydrogens (tertiary/aromatic N) is 4. The third-order valence-corrected chi connectivity index (χ3v) is 5.08. The summed E-state index contributed by atoms with van der Waals surface area (Å²) in [5, 5.41) is 27.5. The molecule has 1 amide bonds. The Morgan fingerprint density at radius 3 is 2.65 bits per heavy atom. The highest BCUT2D eigenvalue weighted by molar-refractivity contribution is 7.11. The van der Waals surface area contributed by atoms with Crippen LogP contribution in [0.4, 0.5) is 5.69 Å². The van der Waals surface area contributed by atoms with Crippen LogP contribution in [0.2, 0.25) is 0 Å². The standard InChI is InChI=1S/C17H19N5O3S/c1-10(2)16-20-19-14(26-16)9-18-15(23)12-8-13(17(24)25)22(21-12)11-6-4-3-5-7-11/h3-7,10,13H,8-9H2,1-2H3,(H,18,23)(H,24,25). The lowest BCUT2D eigenvalue weighted by atomic mass is 10.1. The van der Waals surface area contributed by atoms with Gasteiger partial charge in [0.15, 0.2) is 6.04 Å². The molecule has 0 fully saturated rings. The zero-order valence-electron chi connectivity index (χ0n) is 14.4. The van der Waals surface area contributed by atoms with Crippen LogP contribution in [0.1, 0.15) is 36.2 Å². The van der Waals surface area contributed by atoms with Gasteiger partial charge in [-0.15, -0.1) is 10.2 Å². The number of carbonyl (C=O) groups is 2. The first-order chi connectivity index (χ1) is 12.5. The third kappa shape index (κ3) is 3.88. The van der Waals surface area contributed by atoms with Crippen LogP contribution in [0, 0.1) is 0 Å². The summed E-state index contributed by atoms with van der Waals surface area (Å²) < 4.78 is 0. The number of rotatable bonds is 6. The fraction of sp³-hybridized carbons (Fsp3) is 0.353. The molecule has 136 valence electrons. The largest absolute Gasteiger partial charge is 0.480 e. The molecule has 26 heavy (non-hydrogen) atoms. The molecule has 1 aliphatic heterocycles. The van der Waals surface area contributed by atoms with Crippen LogP contribution < -0.4 is 10.3 Å². The molecule has 1 aromatic carbocycles. The highest BCUT2D eigenvalue weighted by Crippen LogP contribution is 2.25.